The molecule has 2 heterocycles. The van der Waals surface area contributed by atoms with Crippen LogP contribution >= 0.6 is 0 Å². The summed E-state index contributed by atoms with van der Waals surface area (Å²) in [6.45, 7) is 2.57. The van der Waals surface area contributed by atoms with Crippen LogP contribution in [0, 0.1) is 0 Å². The zero-order valence-electron chi connectivity index (χ0n) is 18.7. The molecule has 0 N–H and O–H groups in total. The first kappa shape index (κ1) is 21.0. The Morgan fingerprint density at radius 3 is 2.30 bits per heavy atom. The Bertz CT molecular complexity index is 1370. The Kier molecular flexibility index (Phi) is 5.47. The smallest absolute Gasteiger partial charge is 0.290 e. The molecule has 1 amide bonds. The number of ether oxygens (including phenoxy) is 1. The van der Waals surface area contributed by atoms with Crippen LogP contribution in [0.4, 0.5) is 0 Å². The molecular formula is C28H25NO4. The molecular weight excluding hydrogens is 414 g/mol. The van der Waals surface area contributed by atoms with E-state index < -0.39 is 6.04 Å². The maximum atomic E-state index is 13.5. The summed E-state index contributed by atoms with van der Waals surface area (Å²) in [7, 11) is 1.64. The topological polar surface area (TPSA) is 59.8 Å². The molecule has 0 unspecified atom stereocenters. The fraction of sp³-hybridized carbons (Fsp3) is 0.214. The standard InChI is InChI=1S/C28H25NO4/c1-3-18-8-12-20(13-9-18)25-24-26(30)22-6-4-5-7-23(22)33-27(24)28(31)29(25)17-16-19-10-14-21(32-2)15-11-19/h4-15,25H,3,16-17H2,1-2H3/t25-/m0/s1. The van der Waals surface area contributed by atoms with Gasteiger partial charge in [0, 0.05) is 6.54 Å². The van der Waals surface area contributed by atoms with Crippen molar-refractivity contribution in [1.82, 2.24) is 4.90 Å². The van der Waals surface area contributed by atoms with E-state index in [0.29, 0.717) is 29.5 Å². The number of rotatable bonds is 6. The average molecular weight is 440 g/mol. The van der Waals surface area contributed by atoms with E-state index in [9.17, 15) is 9.59 Å². The van der Waals surface area contributed by atoms with E-state index in [1.165, 1.54) is 5.56 Å². The third-order valence-electron chi connectivity index (χ3n) is 6.38. The zero-order chi connectivity index (χ0) is 22.9. The number of carbonyl (C=O) groups is 1. The van der Waals surface area contributed by atoms with Crippen molar-refractivity contribution in [3.8, 4) is 5.75 Å². The van der Waals surface area contributed by atoms with Gasteiger partial charge in [0.05, 0.1) is 24.1 Å². The number of hydrogen-bond acceptors (Lipinski definition) is 4. The van der Waals surface area contributed by atoms with Crippen molar-refractivity contribution in [2.24, 2.45) is 0 Å². The second-order valence-electron chi connectivity index (χ2n) is 8.26. The molecule has 5 nitrogen and oxygen atoms in total. The van der Waals surface area contributed by atoms with Crippen LogP contribution in [-0.4, -0.2) is 24.5 Å². The van der Waals surface area contributed by atoms with E-state index in [-0.39, 0.29) is 17.1 Å². The number of benzene rings is 3. The zero-order valence-corrected chi connectivity index (χ0v) is 18.7. The summed E-state index contributed by atoms with van der Waals surface area (Å²) in [6, 6.07) is 22.6. The lowest BCUT2D eigenvalue weighted by atomic mass is 9.97. The number of carbonyl (C=O) groups excluding carboxylic acids is 1. The van der Waals surface area contributed by atoms with Gasteiger partial charge in [-0.15, -0.1) is 0 Å². The van der Waals surface area contributed by atoms with Crippen LogP contribution in [0.1, 0.15) is 45.8 Å². The fourth-order valence-corrected chi connectivity index (χ4v) is 4.52. The fourth-order valence-electron chi connectivity index (χ4n) is 4.52. The summed E-state index contributed by atoms with van der Waals surface area (Å²) in [5.41, 5.74) is 3.93. The molecule has 1 aliphatic rings. The number of fused-ring (bicyclic) bond motifs is 2. The first-order chi connectivity index (χ1) is 16.1. The maximum Gasteiger partial charge on any atom is 0.290 e. The Labute approximate surface area is 192 Å². The monoisotopic (exact) mass is 439 g/mol. The molecule has 0 bridgehead atoms. The molecule has 3 aromatic carbocycles. The molecule has 33 heavy (non-hydrogen) atoms. The van der Waals surface area contributed by atoms with Crippen LogP contribution in [-0.2, 0) is 12.8 Å². The van der Waals surface area contributed by atoms with Gasteiger partial charge in [-0.25, -0.2) is 0 Å². The van der Waals surface area contributed by atoms with Gasteiger partial charge in [-0.3, -0.25) is 9.59 Å². The van der Waals surface area contributed by atoms with Crippen molar-refractivity contribution in [1.29, 1.82) is 0 Å². The largest absolute Gasteiger partial charge is 0.497 e. The van der Waals surface area contributed by atoms with Crippen LogP contribution in [0.2, 0.25) is 0 Å². The summed E-state index contributed by atoms with van der Waals surface area (Å²) in [6.07, 6.45) is 1.58. The second-order valence-corrected chi connectivity index (χ2v) is 8.26. The maximum absolute atomic E-state index is 13.5. The molecule has 0 aliphatic carbocycles. The van der Waals surface area contributed by atoms with E-state index in [4.69, 9.17) is 9.15 Å². The van der Waals surface area contributed by atoms with Gasteiger partial charge >= 0.3 is 0 Å². The first-order valence-electron chi connectivity index (χ1n) is 11.2. The van der Waals surface area contributed by atoms with Gasteiger partial charge in [-0.05, 0) is 53.8 Å². The van der Waals surface area contributed by atoms with Crippen LogP contribution < -0.4 is 10.2 Å². The van der Waals surface area contributed by atoms with Gasteiger partial charge < -0.3 is 14.1 Å². The van der Waals surface area contributed by atoms with Crippen molar-refractivity contribution < 1.29 is 13.9 Å². The highest BCUT2D eigenvalue weighted by Gasteiger charge is 2.42. The molecule has 4 aromatic rings. The highest BCUT2D eigenvalue weighted by atomic mass is 16.5. The third kappa shape index (κ3) is 3.69. The highest BCUT2D eigenvalue weighted by Crippen LogP contribution is 2.38. The van der Waals surface area contributed by atoms with E-state index in [0.717, 1.165) is 23.3 Å². The molecule has 0 spiro atoms. The molecule has 1 aliphatic heterocycles. The number of aryl methyl sites for hydroxylation is 1. The van der Waals surface area contributed by atoms with Crippen molar-refractivity contribution in [2.75, 3.05) is 13.7 Å². The third-order valence-corrected chi connectivity index (χ3v) is 6.38. The van der Waals surface area contributed by atoms with Gasteiger partial charge in [-0.2, -0.15) is 0 Å². The summed E-state index contributed by atoms with van der Waals surface area (Å²) < 4.78 is 11.2. The van der Waals surface area contributed by atoms with E-state index in [2.05, 4.69) is 19.1 Å². The predicted octanol–water partition coefficient (Wildman–Crippen LogP) is 5.15. The number of para-hydroxylation sites is 1. The number of methoxy groups -OCH3 is 1. The molecule has 0 saturated heterocycles. The number of nitrogens with zero attached hydrogens (tertiary/aromatic N) is 1. The van der Waals surface area contributed by atoms with E-state index in [1.807, 2.05) is 42.5 Å². The quantitative estimate of drug-likeness (QED) is 0.417. The summed E-state index contributed by atoms with van der Waals surface area (Å²) in [5.74, 6) is 0.697. The van der Waals surface area contributed by atoms with Crippen LogP contribution in [0.3, 0.4) is 0 Å². The number of hydrogen-bond donors (Lipinski definition) is 0. The lowest BCUT2D eigenvalue weighted by Crippen LogP contribution is -2.31. The SMILES string of the molecule is CCc1ccc([C@H]2c3c(oc4ccccc4c3=O)C(=O)N2CCc2ccc(OC)cc2)cc1. The Morgan fingerprint density at radius 2 is 1.61 bits per heavy atom. The summed E-state index contributed by atoms with van der Waals surface area (Å²) in [4.78, 5) is 28.8. The predicted molar refractivity (Wildman–Crippen MR) is 128 cm³/mol. The molecule has 5 rings (SSSR count). The normalized spacial score (nSPS) is 15.2. The molecule has 1 atom stereocenters. The summed E-state index contributed by atoms with van der Waals surface area (Å²) in [5, 5.41) is 0.497. The Balaban J connectivity index is 1.58. The first-order valence-corrected chi connectivity index (χ1v) is 11.2. The minimum absolute atomic E-state index is 0.142. The summed E-state index contributed by atoms with van der Waals surface area (Å²) >= 11 is 0. The highest BCUT2D eigenvalue weighted by molar-refractivity contribution is 5.99. The Hall–Kier alpha value is -3.86. The van der Waals surface area contributed by atoms with Crippen LogP contribution in [0.5, 0.6) is 5.75 Å². The van der Waals surface area contributed by atoms with Crippen molar-refractivity contribution in [3.63, 3.8) is 0 Å². The lowest BCUT2D eigenvalue weighted by Gasteiger charge is -2.25. The second kappa shape index (κ2) is 8.58. The van der Waals surface area contributed by atoms with Gasteiger partial charge in [0.25, 0.3) is 5.91 Å². The lowest BCUT2D eigenvalue weighted by molar-refractivity contribution is 0.0730. The van der Waals surface area contributed by atoms with Gasteiger partial charge in [0.15, 0.2) is 5.43 Å². The van der Waals surface area contributed by atoms with E-state index >= 15 is 0 Å². The van der Waals surface area contributed by atoms with Crippen molar-refractivity contribution in [2.45, 2.75) is 25.8 Å². The minimum atomic E-state index is -0.475. The average Bonchev–Trinajstić information content (AvgIpc) is 3.15. The van der Waals surface area contributed by atoms with Crippen LogP contribution in [0.25, 0.3) is 11.0 Å². The molecule has 0 saturated carbocycles. The van der Waals surface area contributed by atoms with Gasteiger partial charge in [-0.1, -0.05) is 55.5 Å². The van der Waals surface area contributed by atoms with E-state index in [1.54, 1.807) is 30.2 Å². The van der Waals surface area contributed by atoms with Crippen molar-refractivity contribution >= 4 is 16.9 Å². The molecule has 0 fully saturated rings. The van der Waals surface area contributed by atoms with Gasteiger partial charge in [0.1, 0.15) is 11.3 Å². The number of amides is 1. The molecule has 5 heteroatoms. The molecule has 166 valence electrons. The molecule has 0 radical (unpaired) electrons. The van der Waals surface area contributed by atoms with Gasteiger partial charge in [0.2, 0.25) is 5.76 Å². The van der Waals surface area contributed by atoms with Crippen molar-refractivity contribution in [3.05, 3.63) is 111 Å². The van der Waals surface area contributed by atoms with Crippen LogP contribution in [0.15, 0.2) is 82.0 Å². The molecule has 1 aromatic heterocycles. The Morgan fingerprint density at radius 1 is 0.909 bits per heavy atom. The minimum Gasteiger partial charge on any atom is -0.497 e.